The van der Waals surface area contributed by atoms with E-state index in [-0.39, 0.29) is 16.6 Å². The molecule has 1 aromatic carbocycles. The standard InChI is InChI=1S/C11H15BrN2O4S/c1-7(18-2)6-14-11(15)8-3-9(12)5-10(4-8)19(13,16)17/h3-5,7H,6H2,1-2H3,(H,14,15)(H2,13,16,17). The largest absolute Gasteiger partial charge is 0.380 e. The zero-order valence-corrected chi connectivity index (χ0v) is 12.9. The number of hydrogen-bond acceptors (Lipinski definition) is 4. The summed E-state index contributed by atoms with van der Waals surface area (Å²) in [5.41, 5.74) is 0.210. The molecule has 0 saturated heterocycles. The number of carbonyl (C=O) groups is 1. The Bertz CT molecular complexity index is 574. The van der Waals surface area contributed by atoms with Crippen molar-refractivity contribution in [2.24, 2.45) is 5.14 Å². The summed E-state index contributed by atoms with van der Waals surface area (Å²) >= 11 is 3.14. The Morgan fingerprint density at radius 2 is 2.11 bits per heavy atom. The van der Waals surface area contributed by atoms with Gasteiger partial charge < -0.3 is 10.1 Å². The zero-order chi connectivity index (χ0) is 14.6. The van der Waals surface area contributed by atoms with Crippen molar-refractivity contribution < 1.29 is 17.9 Å². The Hall–Kier alpha value is -0.960. The molecule has 6 nitrogen and oxygen atoms in total. The third-order valence-corrected chi connectivity index (χ3v) is 3.77. The molecule has 0 fully saturated rings. The summed E-state index contributed by atoms with van der Waals surface area (Å²) in [5, 5.41) is 7.67. The summed E-state index contributed by atoms with van der Waals surface area (Å²) in [6.07, 6.45) is -0.131. The Morgan fingerprint density at radius 1 is 1.47 bits per heavy atom. The SMILES string of the molecule is COC(C)CNC(=O)c1cc(Br)cc(S(N)(=O)=O)c1. The number of halogens is 1. The topological polar surface area (TPSA) is 98.5 Å². The average molecular weight is 351 g/mol. The predicted molar refractivity (Wildman–Crippen MR) is 74.3 cm³/mol. The van der Waals surface area contributed by atoms with Crippen LogP contribution in [0.3, 0.4) is 0 Å². The maximum atomic E-state index is 11.9. The fraction of sp³-hybridized carbons (Fsp3) is 0.364. The highest BCUT2D eigenvalue weighted by molar-refractivity contribution is 9.10. The van der Waals surface area contributed by atoms with E-state index in [1.807, 2.05) is 0 Å². The van der Waals surface area contributed by atoms with Gasteiger partial charge in [-0.1, -0.05) is 15.9 Å². The zero-order valence-electron chi connectivity index (χ0n) is 10.5. The van der Waals surface area contributed by atoms with Crippen LogP contribution in [0.4, 0.5) is 0 Å². The molecule has 0 aliphatic heterocycles. The molecule has 1 atom stereocenters. The number of sulfonamides is 1. The lowest BCUT2D eigenvalue weighted by Gasteiger charge is -2.11. The van der Waals surface area contributed by atoms with E-state index >= 15 is 0 Å². The molecule has 0 heterocycles. The molecule has 1 amide bonds. The minimum atomic E-state index is -3.85. The lowest BCUT2D eigenvalue weighted by atomic mass is 10.2. The second-order valence-electron chi connectivity index (χ2n) is 3.98. The van der Waals surface area contributed by atoms with Crippen LogP contribution in [0.15, 0.2) is 27.6 Å². The van der Waals surface area contributed by atoms with E-state index in [4.69, 9.17) is 9.88 Å². The van der Waals surface area contributed by atoms with E-state index in [1.165, 1.54) is 25.3 Å². The summed E-state index contributed by atoms with van der Waals surface area (Å²) in [6, 6.07) is 4.08. The number of nitrogens with one attached hydrogen (secondary N) is 1. The van der Waals surface area contributed by atoms with Crippen molar-refractivity contribution in [1.82, 2.24) is 5.32 Å². The van der Waals surface area contributed by atoms with Crippen LogP contribution >= 0.6 is 15.9 Å². The first-order chi connectivity index (χ1) is 8.74. The van der Waals surface area contributed by atoms with E-state index in [9.17, 15) is 13.2 Å². The summed E-state index contributed by atoms with van der Waals surface area (Å²) < 4.78 is 28.0. The highest BCUT2D eigenvalue weighted by Gasteiger charge is 2.14. The number of primary sulfonamides is 1. The van der Waals surface area contributed by atoms with E-state index in [1.54, 1.807) is 6.92 Å². The van der Waals surface area contributed by atoms with Crippen molar-refractivity contribution in [2.45, 2.75) is 17.9 Å². The smallest absolute Gasteiger partial charge is 0.251 e. The summed E-state index contributed by atoms with van der Waals surface area (Å²) in [7, 11) is -2.32. The third-order valence-electron chi connectivity index (χ3n) is 2.41. The van der Waals surface area contributed by atoms with Gasteiger partial charge in [-0.3, -0.25) is 4.79 Å². The Morgan fingerprint density at radius 3 is 2.63 bits per heavy atom. The van der Waals surface area contributed by atoms with Crippen LogP contribution < -0.4 is 10.5 Å². The van der Waals surface area contributed by atoms with E-state index in [2.05, 4.69) is 21.2 Å². The van der Waals surface area contributed by atoms with Crippen LogP contribution in [0, 0.1) is 0 Å². The molecule has 0 aliphatic carbocycles. The monoisotopic (exact) mass is 350 g/mol. The Kier molecular flexibility index (Phi) is 5.48. The quantitative estimate of drug-likeness (QED) is 0.822. The van der Waals surface area contributed by atoms with Crippen molar-refractivity contribution in [2.75, 3.05) is 13.7 Å². The highest BCUT2D eigenvalue weighted by Crippen LogP contribution is 2.18. The molecule has 19 heavy (non-hydrogen) atoms. The first kappa shape index (κ1) is 16.1. The van der Waals surface area contributed by atoms with Gasteiger partial charge >= 0.3 is 0 Å². The molecule has 1 rings (SSSR count). The van der Waals surface area contributed by atoms with Crippen molar-refractivity contribution >= 4 is 31.9 Å². The van der Waals surface area contributed by atoms with Crippen LogP contribution in [0.2, 0.25) is 0 Å². The first-order valence-electron chi connectivity index (χ1n) is 5.38. The average Bonchev–Trinajstić information content (AvgIpc) is 2.33. The van der Waals surface area contributed by atoms with Crippen molar-refractivity contribution in [3.63, 3.8) is 0 Å². The summed E-state index contributed by atoms with van der Waals surface area (Å²) in [5.74, 6) is -0.393. The Labute approximate surface area is 120 Å². The molecule has 1 aromatic rings. The highest BCUT2D eigenvalue weighted by atomic mass is 79.9. The van der Waals surface area contributed by atoms with Gasteiger partial charge in [-0.2, -0.15) is 0 Å². The molecular weight excluding hydrogens is 336 g/mol. The maximum Gasteiger partial charge on any atom is 0.251 e. The molecule has 0 spiro atoms. The van der Waals surface area contributed by atoms with Gasteiger partial charge in [0, 0.05) is 23.7 Å². The second kappa shape index (κ2) is 6.47. The van der Waals surface area contributed by atoms with Crippen molar-refractivity contribution in [3.8, 4) is 0 Å². The number of benzene rings is 1. The number of carbonyl (C=O) groups excluding carboxylic acids is 1. The second-order valence-corrected chi connectivity index (χ2v) is 6.45. The van der Waals surface area contributed by atoms with Gasteiger partial charge in [0.1, 0.15) is 0 Å². The molecule has 0 radical (unpaired) electrons. The van der Waals surface area contributed by atoms with Crippen molar-refractivity contribution in [3.05, 3.63) is 28.2 Å². The van der Waals surface area contributed by atoms with Crippen LogP contribution in [-0.4, -0.2) is 34.1 Å². The maximum absolute atomic E-state index is 11.9. The lowest BCUT2D eigenvalue weighted by Crippen LogP contribution is -2.31. The van der Waals surface area contributed by atoms with E-state index in [0.717, 1.165) is 0 Å². The van der Waals surface area contributed by atoms with Crippen LogP contribution in [-0.2, 0) is 14.8 Å². The van der Waals surface area contributed by atoms with E-state index < -0.39 is 15.9 Å². The fourth-order valence-electron chi connectivity index (χ4n) is 1.28. The molecular formula is C11H15BrN2O4S. The molecule has 1 unspecified atom stereocenters. The normalized spacial score (nSPS) is 13.1. The number of amides is 1. The molecule has 8 heteroatoms. The summed E-state index contributed by atoms with van der Waals surface area (Å²) in [6.45, 7) is 2.13. The van der Waals surface area contributed by atoms with Gasteiger partial charge in [-0.25, -0.2) is 13.6 Å². The molecule has 0 aromatic heterocycles. The first-order valence-corrected chi connectivity index (χ1v) is 7.72. The third kappa shape index (κ3) is 4.90. The fourth-order valence-corrected chi connectivity index (χ4v) is 2.51. The van der Waals surface area contributed by atoms with Gasteiger partial charge in [-0.15, -0.1) is 0 Å². The number of ether oxygens (including phenoxy) is 1. The minimum absolute atomic E-state index is 0.119. The van der Waals surface area contributed by atoms with Crippen LogP contribution in [0.1, 0.15) is 17.3 Å². The van der Waals surface area contributed by atoms with E-state index in [0.29, 0.717) is 11.0 Å². The van der Waals surface area contributed by atoms with Crippen LogP contribution in [0.5, 0.6) is 0 Å². The molecule has 0 saturated carbocycles. The van der Waals surface area contributed by atoms with Gasteiger partial charge in [0.15, 0.2) is 0 Å². The molecule has 0 aliphatic rings. The number of hydrogen-bond donors (Lipinski definition) is 2. The molecule has 0 bridgehead atoms. The minimum Gasteiger partial charge on any atom is -0.380 e. The number of rotatable bonds is 5. The van der Waals surface area contributed by atoms with Gasteiger partial charge in [0.25, 0.3) is 5.91 Å². The molecule has 106 valence electrons. The molecule has 3 N–H and O–H groups in total. The predicted octanol–water partition coefficient (Wildman–Crippen LogP) is 0.861. The van der Waals surface area contributed by atoms with Crippen molar-refractivity contribution in [1.29, 1.82) is 0 Å². The number of methoxy groups -OCH3 is 1. The Balaban J connectivity index is 2.95. The van der Waals surface area contributed by atoms with Crippen LogP contribution in [0.25, 0.3) is 0 Å². The van der Waals surface area contributed by atoms with Gasteiger partial charge in [0.2, 0.25) is 10.0 Å². The van der Waals surface area contributed by atoms with Gasteiger partial charge in [-0.05, 0) is 25.1 Å². The number of nitrogens with two attached hydrogens (primary N) is 1. The summed E-state index contributed by atoms with van der Waals surface area (Å²) in [4.78, 5) is 11.8. The lowest BCUT2D eigenvalue weighted by molar-refractivity contribution is 0.0870. The van der Waals surface area contributed by atoms with Gasteiger partial charge in [0.05, 0.1) is 11.0 Å².